The van der Waals surface area contributed by atoms with Gasteiger partial charge in [-0.25, -0.2) is 9.97 Å². The molecule has 0 amide bonds. The lowest BCUT2D eigenvalue weighted by atomic mass is 10.2. The maximum absolute atomic E-state index is 9.19. The average molecular weight is 212 g/mol. The molecular formula is C11H8N4O. The van der Waals surface area contributed by atoms with Crippen LogP contribution in [-0.2, 0) is 0 Å². The Bertz CT molecular complexity index is 630. The van der Waals surface area contributed by atoms with Gasteiger partial charge in [-0.2, -0.15) is 5.10 Å². The van der Waals surface area contributed by atoms with Crippen LogP contribution in [-0.4, -0.2) is 25.3 Å². The van der Waals surface area contributed by atoms with Gasteiger partial charge in [-0.15, -0.1) is 0 Å². The molecule has 0 spiro atoms. The molecule has 0 saturated heterocycles. The zero-order chi connectivity index (χ0) is 11.0. The minimum atomic E-state index is 0.228. The smallest absolute Gasteiger partial charge is 0.161 e. The molecule has 3 aromatic rings. The summed E-state index contributed by atoms with van der Waals surface area (Å²) in [5.41, 5.74) is 1.56. The summed E-state index contributed by atoms with van der Waals surface area (Å²) in [6.45, 7) is 0. The molecule has 2 N–H and O–H groups in total. The molecule has 0 fully saturated rings. The molecule has 0 saturated carbocycles. The first-order valence-corrected chi connectivity index (χ1v) is 4.78. The van der Waals surface area contributed by atoms with Gasteiger partial charge in [0.1, 0.15) is 5.75 Å². The van der Waals surface area contributed by atoms with Crippen LogP contribution in [0, 0.1) is 0 Å². The second kappa shape index (κ2) is 3.30. The largest absolute Gasteiger partial charge is 0.508 e. The number of hydrogen-bond acceptors (Lipinski definition) is 4. The number of nitrogens with zero attached hydrogens (tertiary/aromatic N) is 3. The summed E-state index contributed by atoms with van der Waals surface area (Å²) in [4.78, 5) is 8.55. The molecule has 0 bridgehead atoms. The van der Waals surface area contributed by atoms with Crippen molar-refractivity contribution in [3.63, 3.8) is 0 Å². The zero-order valence-electron chi connectivity index (χ0n) is 8.25. The highest BCUT2D eigenvalue weighted by Gasteiger charge is 2.03. The van der Waals surface area contributed by atoms with Crippen LogP contribution >= 0.6 is 0 Å². The Balaban J connectivity index is 2.14. The van der Waals surface area contributed by atoms with E-state index in [1.807, 2.05) is 0 Å². The van der Waals surface area contributed by atoms with Crippen LogP contribution < -0.4 is 0 Å². The maximum atomic E-state index is 9.19. The number of phenols is 1. The first-order valence-electron chi connectivity index (χ1n) is 4.78. The summed E-state index contributed by atoms with van der Waals surface area (Å²) in [7, 11) is 0. The van der Waals surface area contributed by atoms with Crippen LogP contribution in [0.3, 0.4) is 0 Å². The molecule has 16 heavy (non-hydrogen) atoms. The molecule has 0 aliphatic heterocycles. The van der Waals surface area contributed by atoms with E-state index in [2.05, 4.69) is 20.2 Å². The molecule has 2 heterocycles. The van der Waals surface area contributed by atoms with Gasteiger partial charge in [0, 0.05) is 11.8 Å². The van der Waals surface area contributed by atoms with Crippen LogP contribution in [0.5, 0.6) is 5.75 Å². The van der Waals surface area contributed by atoms with E-state index < -0.39 is 0 Å². The lowest BCUT2D eigenvalue weighted by Crippen LogP contribution is -1.88. The van der Waals surface area contributed by atoms with E-state index >= 15 is 0 Å². The summed E-state index contributed by atoms with van der Waals surface area (Å²) >= 11 is 0. The van der Waals surface area contributed by atoms with Crippen molar-refractivity contribution in [3.8, 4) is 17.1 Å². The second-order valence-corrected chi connectivity index (χ2v) is 3.41. The molecule has 5 nitrogen and oxygen atoms in total. The lowest BCUT2D eigenvalue weighted by molar-refractivity contribution is 0.475. The number of benzene rings is 1. The quantitative estimate of drug-likeness (QED) is 0.644. The van der Waals surface area contributed by atoms with Gasteiger partial charge in [0.2, 0.25) is 0 Å². The van der Waals surface area contributed by atoms with Gasteiger partial charge in [-0.3, -0.25) is 5.10 Å². The van der Waals surface area contributed by atoms with Gasteiger partial charge in [0.15, 0.2) is 11.5 Å². The van der Waals surface area contributed by atoms with Crippen LogP contribution in [0.15, 0.2) is 36.7 Å². The lowest BCUT2D eigenvalue weighted by Gasteiger charge is -1.99. The topological polar surface area (TPSA) is 74.7 Å². The highest BCUT2D eigenvalue weighted by Crippen LogP contribution is 2.19. The van der Waals surface area contributed by atoms with E-state index in [1.165, 1.54) is 0 Å². The monoisotopic (exact) mass is 212 g/mol. The third-order valence-corrected chi connectivity index (χ3v) is 2.32. The summed E-state index contributed by atoms with van der Waals surface area (Å²) in [5, 5.41) is 16.7. The van der Waals surface area contributed by atoms with Gasteiger partial charge >= 0.3 is 0 Å². The Hall–Kier alpha value is -2.43. The molecule has 0 atom stereocenters. The highest BCUT2D eigenvalue weighted by molar-refractivity contribution is 5.75. The van der Waals surface area contributed by atoms with E-state index in [4.69, 9.17) is 0 Å². The minimum Gasteiger partial charge on any atom is -0.508 e. The van der Waals surface area contributed by atoms with Gasteiger partial charge in [0.25, 0.3) is 0 Å². The third kappa shape index (κ3) is 1.38. The Morgan fingerprint density at radius 3 is 2.69 bits per heavy atom. The highest BCUT2D eigenvalue weighted by atomic mass is 16.3. The van der Waals surface area contributed by atoms with Gasteiger partial charge in [-0.05, 0) is 24.3 Å². The van der Waals surface area contributed by atoms with Crippen molar-refractivity contribution >= 4 is 11.0 Å². The zero-order valence-corrected chi connectivity index (χ0v) is 8.25. The van der Waals surface area contributed by atoms with Crippen molar-refractivity contribution in [2.24, 2.45) is 0 Å². The average Bonchev–Trinajstić information content (AvgIpc) is 2.77. The van der Waals surface area contributed by atoms with E-state index in [-0.39, 0.29) is 5.75 Å². The Morgan fingerprint density at radius 1 is 1.06 bits per heavy atom. The number of nitrogens with one attached hydrogen (secondary N) is 1. The first-order chi connectivity index (χ1) is 7.83. The number of phenolic OH excluding ortho intramolecular Hbond substituents is 1. The van der Waals surface area contributed by atoms with E-state index in [0.29, 0.717) is 11.5 Å². The molecular weight excluding hydrogens is 204 g/mol. The number of aromatic hydroxyl groups is 1. The summed E-state index contributed by atoms with van der Waals surface area (Å²) in [6, 6.07) is 6.76. The summed E-state index contributed by atoms with van der Waals surface area (Å²) in [5.74, 6) is 0.836. The van der Waals surface area contributed by atoms with Crippen molar-refractivity contribution in [2.75, 3.05) is 0 Å². The fourth-order valence-corrected chi connectivity index (χ4v) is 1.49. The SMILES string of the molecule is Oc1ccc(-c2ncc3cn[nH]c3n2)cc1. The molecule has 0 radical (unpaired) electrons. The van der Waals surface area contributed by atoms with Crippen molar-refractivity contribution in [2.45, 2.75) is 0 Å². The van der Waals surface area contributed by atoms with Crippen LogP contribution in [0.25, 0.3) is 22.4 Å². The number of aromatic amines is 1. The van der Waals surface area contributed by atoms with Crippen molar-refractivity contribution in [1.82, 2.24) is 20.2 Å². The number of fused-ring (bicyclic) bond motifs is 1. The number of aromatic nitrogens is 4. The summed E-state index contributed by atoms with van der Waals surface area (Å²) < 4.78 is 0. The van der Waals surface area contributed by atoms with E-state index in [1.54, 1.807) is 36.7 Å². The van der Waals surface area contributed by atoms with Gasteiger partial charge in [0.05, 0.1) is 11.6 Å². The van der Waals surface area contributed by atoms with Gasteiger partial charge < -0.3 is 5.11 Å². The first kappa shape index (κ1) is 8.84. The number of rotatable bonds is 1. The number of H-pyrrole nitrogens is 1. The van der Waals surface area contributed by atoms with E-state index in [9.17, 15) is 5.11 Å². The van der Waals surface area contributed by atoms with E-state index in [0.717, 1.165) is 10.9 Å². The predicted octanol–water partition coefficient (Wildman–Crippen LogP) is 1.73. The molecule has 1 aromatic carbocycles. The Morgan fingerprint density at radius 2 is 1.88 bits per heavy atom. The minimum absolute atomic E-state index is 0.228. The number of hydrogen-bond donors (Lipinski definition) is 2. The maximum Gasteiger partial charge on any atom is 0.161 e. The standard InChI is InChI=1S/C11H8N4O/c16-9-3-1-7(2-4-9)10-12-5-8-6-13-15-11(8)14-10/h1-6,16H,(H,12,13,14,15). The Labute approximate surface area is 90.8 Å². The predicted molar refractivity (Wildman–Crippen MR) is 58.8 cm³/mol. The van der Waals surface area contributed by atoms with Crippen molar-refractivity contribution in [3.05, 3.63) is 36.7 Å². The molecule has 78 valence electrons. The molecule has 5 heteroatoms. The molecule has 0 aliphatic rings. The van der Waals surface area contributed by atoms with Crippen molar-refractivity contribution in [1.29, 1.82) is 0 Å². The molecule has 0 aliphatic carbocycles. The molecule has 0 unspecified atom stereocenters. The Kier molecular flexibility index (Phi) is 1.83. The third-order valence-electron chi connectivity index (χ3n) is 2.32. The van der Waals surface area contributed by atoms with Crippen molar-refractivity contribution < 1.29 is 5.11 Å². The van der Waals surface area contributed by atoms with Crippen LogP contribution in [0.1, 0.15) is 0 Å². The summed E-state index contributed by atoms with van der Waals surface area (Å²) in [6.07, 6.45) is 3.39. The second-order valence-electron chi connectivity index (χ2n) is 3.41. The fourth-order valence-electron chi connectivity index (χ4n) is 1.49. The van der Waals surface area contributed by atoms with Crippen LogP contribution in [0.2, 0.25) is 0 Å². The normalized spacial score (nSPS) is 10.8. The fraction of sp³-hybridized carbons (Fsp3) is 0. The van der Waals surface area contributed by atoms with Crippen LogP contribution in [0.4, 0.5) is 0 Å². The molecule has 3 rings (SSSR count). The van der Waals surface area contributed by atoms with Gasteiger partial charge in [-0.1, -0.05) is 0 Å². The molecule has 2 aromatic heterocycles.